The van der Waals surface area contributed by atoms with Gasteiger partial charge in [-0.3, -0.25) is 4.79 Å². The minimum atomic E-state index is -0.260. The van der Waals surface area contributed by atoms with Crippen molar-refractivity contribution in [2.24, 2.45) is 46.3 Å². The number of hydrogen-bond donors (Lipinski definition) is 0. The maximum atomic E-state index is 11.8. The zero-order chi connectivity index (χ0) is 25.2. The molecule has 0 aromatic heterocycles. The molecule has 1 spiro atoms. The largest absolute Gasteiger partial charge is 0.470 e. The Hall–Kier alpha value is -0.290. The molecule has 2 unspecified atom stereocenters. The van der Waals surface area contributed by atoms with Crippen LogP contribution < -0.4 is 0 Å². The highest BCUT2D eigenvalue weighted by molar-refractivity contribution is 8.23. The van der Waals surface area contributed by atoms with Gasteiger partial charge in [-0.2, -0.15) is 0 Å². The first-order chi connectivity index (χ1) is 16.5. The minimum absolute atomic E-state index is 0.0301. The zero-order valence-corrected chi connectivity index (χ0v) is 24.6. The third-order valence-electron chi connectivity index (χ3n) is 11.8. The maximum Gasteiger partial charge on any atom is 0.302 e. The normalized spacial score (nSPS) is 47.3. The van der Waals surface area contributed by atoms with Crippen LogP contribution in [0.1, 0.15) is 112 Å². The van der Waals surface area contributed by atoms with Crippen LogP contribution in [-0.2, 0) is 14.3 Å². The lowest BCUT2D eigenvalue weighted by Gasteiger charge is -2.65. The zero-order valence-electron chi connectivity index (χ0n) is 22.9. The van der Waals surface area contributed by atoms with Crippen LogP contribution in [0.2, 0.25) is 0 Å². The second-order valence-corrected chi connectivity index (χ2v) is 15.7. The predicted molar refractivity (Wildman–Crippen MR) is 148 cm³/mol. The van der Waals surface area contributed by atoms with Gasteiger partial charge in [0.05, 0.1) is 5.25 Å². The summed E-state index contributed by atoms with van der Waals surface area (Å²) < 4.78 is 13.2. The highest BCUT2D eigenvalue weighted by atomic mass is 32.2. The molecular formula is C30H48O3S2. The SMILES string of the molecule is CC(=O)O[C@H]1CC[C@]2(C)[C@H]3CC[C@]4(C)C([C@H](C)CCCC(C)C)CC[C@H]4[C@@H]3C[C@@H]3SC(=S)OC32C1. The van der Waals surface area contributed by atoms with Gasteiger partial charge in [0.1, 0.15) is 11.7 Å². The van der Waals surface area contributed by atoms with Crippen molar-refractivity contribution in [3.8, 4) is 0 Å². The molecule has 198 valence electrons. The summed E-state index contributed by atoms with van der Waals surface area (Å²) in [6.07, 6.45) is 13.8. The fraction of sp³-hybridized carbons (Fsp3) is 0.933. The molecule has 5 fully saturated rings. The molecule has 4 saturated carbocycles. The van der Waals surface area contributed by atoms with Crippen LogP contribution in [0.4, 0.5) is 0 Å². The van der Waals surface area contributed by atoms with E-state index in [0.717, 1.165) is 53.2 Å². The Morgan fingerprint density at radius 1 is 1.11 bits per heavy atom. The number of thioether (sulfide) groups is 1. The molecule has 0 N–H and O–H groups in total. The van der Waals surface area contributed by atoms with Gasteiger partial charge >= 0.3 is 5.97 Å². The third kappa shape index (κ3) is 4.21. The summed E-state index contributed by atoms with van der Waals surface area (Å²) in [5.41, 5.74) is 0.353. The summed E-state index contributed by atoms with van der Waals surface area (Å²) in [5.74, 6) is 4.71. The lowest BCUT2D eigenvalue weighted by Crippen LogP contribution is -2.67. The molecule has 1 aliphatic heterocycles. The number of thiocarbonyl (C=S) groups is 1. The van der Waals surface area contributed by atoms with Gasteiger partial charge in [0.2, 0.25) is 4.38 Å². The number of hydrogen-bond acceptors (Lipinski definition) is 5. The van der Waals surface area contributed by atoms with E-state index < -0.39 is 0 Å². The van der Waals surface area contributed by atoms with Crippen molar-refractivity contribution < 1.29 is 14.3 Å². The Morgan fingerprint density at radius 3 is 2.60 bits per heavy atom. The van der Waals surface area contributed by atoms with E-state index in [4.69, 9.17) is 21.7 Å². The lowest BCUT2D eigenvalue weighted by molar-refractivity contribution is -0.209. The molecular weight excluding hydrogens is 472 g/mol. The van der Waals surface area contributed by atoms with Crippen LogP contribution in [0.5, 0.6) is 0 Å². The fourth-order valence-electron chi connectivity index (χ4n) is 10.2. The van der Waals surface area contributed by atoms with Crippen LogP contribution in [0.15, 0.2) is 0 Å². The summed E-state index contributed by atoms with van der Waals surface area (Å²) in [7, 11) is 0. The van der Waals surface area contributed by atoms with Crippen molar-refractivity contribution >= 4 is 34.3 Å². The average molecular weight is 521 g/mol. The Labute approximate surface area is 223 Å². The van der Waals surface area contributed by atoms with Crippen molar-refractivity contribution in [2.45, 2.75) is 129 Å². The highest BCUT2D eigenvalue weighted by Crippen LogP contribution is 2.72. The molecule has 1 heterocycles. The van der Waals surface area contributed by atoms with E-state index in [0.29, 0.717) is 16.6 Å². The van der Waals surface area contributed by atoms with Gasteiger partial charge in [0.25, 0.3) is 0 Å². The van der Waals surface area contributed by atoms with E-state index in [1.807, 2.05) is 11.8 Å². The van der Waals surface area contributed by atoms with E-state index in [1.54, 1.807) is 0 Å². The van der Waals surface area contributed by atoms with E-state index in [-0.39, 0.29) is 23.1 Å². The Morgan fingerprint density at radius 2 is 1.89 bits per heavy atom. The van der Waals surface area contributed by atoms with Gasteiger partial charge in [-0.05, 0) is 98.1 Å². The quantitative estimate of drug-likeness (QED) is 0.261. The van der Waals surface area contributed by atoms with Gasteiger partial charge in [-0.25, -0.2) is 0 Å². The van der Waals surface area contributed by atoms with Gasteiger partial charge in [-0.15, -0.1) is 0 Å². The molecule has 0 amide bonds. The molecule has 10 atom stereocenters. The van der Waals surface area contributed by atoms with Crippen molar-refractivity contribution in [3.63, 3.8) is 0 Å². The number of ether oxygens (including phenoxy) is 2. The van der Waals surface area contributed by atoms with Crippen molar-refractivity contribution in [2.75, 3.05) is 0 Å². The standard InChI is InChI=1S/C30H48O3S2/c1-18(2)8-7-9-19(3)23-10-11-24-22-16-26-30(33-27(34)35-26)17-21(32-20(4)31)12-15-29(30,6)25(22)13-14-28(23,24)5/h18-19,21-26H,7-17H2,1-6H3/t19-,21+,22+,23?,24+,25+,26+,28-,29-,30?/m1/s1. The minimum Gasteiger partial charge on any atom is -0.470 e. The van der Waals surface area contributed by atoms with E-state index >= 15 is 0 Å². The highest BCUT2D eigenvalue weighted by Gasteiger charge is 2.71. The second kappa shape index (κ2) is 9.47. The maximum absolute atomic E-state index is 11.8. The smallest absolute Gasteiger partial charge is 0.302 e. The van der Waals surface area contributed by atoms with Crippen LogP contribution in [0, 0.1) is 46.3 Å². The number of fused-ring (bicyclic) bond motifs is 4. The number of rotatable bonds is 6. The van der Waals surface area contributed by atoms with Gasteiger partial charge in [-0.1, -0.05) is 65.6 Å². The van der Waals surface area contributed by atoms with Crippen LogP contribution in [0.25, 0.3) is 0 Å². The summed E-state index contributed by atoms with van der Waals surface area (Å²) in [6.45, 7) is 14.0. The van der Waals surface area contributed by atoms with Crippen LogP contribution >= 0.6 is 24.0 Å². The molecule has 1 saturated heterocycles. The van der Waals surface area contributed by atoms with Crippen molar-refractivity contribution in [1.82, 2.24) is 0 Å². The van der Waals surface area contributed by atoms with Crippen LogP contribution in [0.3, 0.4) is 0 Å². The van der Waals surface area contributed by atoms with Crippen molar-refractivity contribution in [1.29, 1.82) is 0 Å². The summed E-state index contributed by atoms with van der Waals surface area (Å²) >= 11 is 7.52. The monoisotopic (exact) mass is 520 g/mol. The van der Waals surface area contributed by atoms with Crippen molar-refractivity contribution in [3.05, 3.63) is 0 Å². The molecule has 0 radical (unpaired) electrons. The number of carbonyl (C=O) groups excluding carboxylic acids is 1. The summed E-state index contributed by atoms with van der Waals surface area (Å²) in [5, 5.41) is 0.407. The molecule has 3 nitrogen and oxygen atoms in total. The van der Waals surface area contributed by atoms with Gasteiger partial charge in [0, 0.05) is 18.8 Å². The predicted octanol–water partition coefficient (Wildman–Crippen LogP) is 8.19. The average Bonchev–Trinajstić information content (AvgIpc) is 3.28. The van der Waals surface area contributed by atoms with Crippen LogP contribution in [-0.4, -0.2) is 27.3 Å². The summed E-state index contributed by atoms with van der Waals surface area (Å²) in [6, 6.07) is 0. The molecule has 0 bridgehead atoms. The molecule has 5 rings (SSSR count). The number of carbonyl (C=O) groups is 1. The van der Waals surface area contributed by atoms with Gasteiger partial charge < -0.3 is 9.47 Å². The molecule has 35 heavy (non-hydrogen) atoms. The second-order valence-electron chi connectivity index (χ2n) is 13.9. The number of esters is 1. The first-order valence-electron chi connectivity index (χ1n) is 14.6. The summed E-state index contributed by atoms with van der Waals surface area (Å²) in [4.78, 5) is 11.8. The first kappa shape index (κ1) is 26.3. The topological polar surface area (TPSA) is 35.5 Å². The van der Waals surface area contributed by atoms with E-state index in [1.165, 1.54) is 58.3 Å². The Kier molecular flexibility index (Phi) is 7.12. The van der Waals surface area contributed by atoms with E-state index in [9.17, 15) is 4.79 Å². The van der Waals surface area contributed by atoms with Gasteiger partial charge in [0.15, 0.2) is 0 Å². The fourth-order valence-corrected chi connectivity index (χ4v) is 12.1. The third-order valence-corrected chi connectivity index (χ3v) is 13.3. The Balaban J connectivity index is 1.38. The molecule has 5 aliphatic rings. The Bertz CT molecular complexity index is 843. The molecule has 5 heteroatoms. The molecule has 4 aliphatic carbocycles. The van der Waals surface area contributed by atoms with E-state index in [2.05, 4.69) is 34.6 Å². The molecule has 0 aromatic carbocycles. The first-order valence-corrected chi connectivity index (χ1v) is 15.9. The molecule has 0 aromatic rings. The lowest BCUT2D eigenvalue weighted by atomic mass is 9.42.